The van der Waals surface area contributed by atoms with Crippen LogP contribution >= 0.6 is 0 Å². The summed E-state index contributed by atoms with van der Waals surface area (Å²) in [5.74, 6) is -2.44. The van der Waals surface area contributed by atoms with E-state index in [0.29, 0.717) is 29.0 Å². The van der Waals surface area contributed by atoms with E-state index in [1.807, 2.05) is 59.1 Å². The summed E-state index contributed by atoms with van der Waals surface area (Å²) in [5.41, 5.74) is 1.38. The molecule has 0 saturated carbocycles. The number of nitrogens with zero attached hydrogens (tertiary/aromatic N) is 3. The summed E-state index contributed by atoms with van der Waals surface area (Å²) >= 11 is 0. The molecule has 0 bridgehead atoms. The molecule has 18 nitrogen and oxygen atoms in total. The van der Waals surface area contributed by atoms with Crippen LogP contribution in [0.5, 0.6) is 17.2 Å². The SMILES string of the molecule is CCC(C)(COCC(C)(C)CNC(=O)COCc1c(OC)cc(-c2cn(C)c(=O)c3c2ccn3C)cc1OC)NC(=O)COc1cccc2c1C(=O)N(C1CCC(=O)NC1=O)C2=O. The van der Waals surface area contributed by atoms with Crippen LogP contribution in [0.1, 0.15) is 73.2 Å². The van der Waals surface area contributed by atoms with Crippen molar-refractivity contribution in [1.29, 1.82) is 0 Å². The van der Waals surface area contributed by atoms with Gasteiger partial charge in [0.15, 0.2) is 6.61 Å². The number of carbonyl (C=O) groups is 6. The summed E-state index contributed by atoms with van der Waals surface area (Å²) in [6.07, 6.45) is 4.13. The second-order valence-corrected chi connectivity index (χ2v) is 16.8. The van der Waals surface area contributed by atoms with Gasteiger partial charge in [0.05, 0.1) is 56.3 Å². The van der Waals surface area contributed by atoms with E-state index < -0.39 is 53.1 Å². The highest BCUT2D eigenvalue weighted by Crippen LogP contribution is 2.38. The average molecular weight is 871 g/mol. The molecule has 4 aromatic rings. The van der Waals surface area contributed by atoms with Gasteiger partial charge in [0, 0.05) is 55.8 Å². The Kier molecular flexibility index (Phi) is 13.7. The molecule has 336 valence electrons. The maximum atomic E-state index is 13.4. The molecule has 6 rings (SSSR count). The highest BCUT2D eigenvalue weighted by Gasteiger charge is 2.46. The second kappa shape index (κ2) is 18.8. The predicted molar refractivity (Wildman–Crippen MR) is 229 cm³/mol. The fourth-order valence-electron chi connectivity index (χ4n) is 7.60. The molecule has 0 spiro atoms. The number of imide groups is 2. The van der Waals surface area contributed by atoms with Crippen molar-refractivity contribution in [1.82, 2.24) is 30.0 Å². The molecule has 4 heterocycles. The first kappa shape index (κ1) is 46.0. The van der Waals surface area contributed by atoms with Gasteiger partial charge >= 0.3 is 0 Å². The molecule has 2 aliphatic rings. The van der Waals surface area contributed by atoms with Crippen LogP contribution < -0.4 is 35.7 Å². The Morgan fingerprint density at radius 1 is 0.857 bits per heavy atom. The van der Waals surface area contributed by atoms with Gasteiger partial charge in [0.1, 0.15) is 35.4 Å². The monoisotopic (exact) mass is 870 g/mol. The van der Waals surface area contributed by atoms with Gasteiger partial charge in [0.25, 0.3) is 23.3 Å². The third kappa shape index (κ3) is 9.92. The van der Waals surface area contributed by atoms with Crippen LogP contribution in [0.25, 0.3) is 22.0 Å². The van der Waals surface area contributed by atoms with E-state index in [0.717, 1.165) is 21.4 Å². The van der Waals surface area contributed by atoms with Gasteiger partial charge in [-0.25, -0.2) is 0 Å². The van der Waals surface area contributed by atoms with Gasteiger partial charge < -0.3 is 43.5 Å². The quantitative estimate of drug-likeness (QED) is 0.116. The van der Waals surface area contributed by atoms with Crippen molar-refractivity contribution in [3.05, 3.63) is 75.8 Å². The number of nitrogens with one attached hydrogen (secondary N) is 3. The predicted octanol–water partition coefficient (Wildman–Crippen LogP) is 3.00. The first-order valence-electron chi connectivity index (χ1n) is 20.5. The Hall–Kier alpha value is -6.53. The molecule has 63 heavy (non-hydrogen) atoms. The van der Waals surface area contributed by atoms with E-state index in [1.54, 1.807) is 22.4 Å². The summed E-state index contributed by atoms with van der Waals surface area (Å²) < 4.78 is 32.4. The van der Waals surface area contributed by atoms with Crippen molar-refractivity contribution >= 4 is 46.3 Å². The van der Waals surface area contributed by atoms with E-state index in [4.69, 9.17) is 23.7 Å². The number of rotatable bonds is 19. The molecule has 6 amide bonds. The van der Waals surface area contributed by atoms with Crippen LogP contribution in [0.2, 0.25) is 0 Å². The summed E-state index contributed by atoms with van der Waals surface area (Å²) in [4.78, 5) is 90.3. The van der Waals surface area contributed by atoms with Crippen LogP contribution in [0.15, 0.2) is 53.6 Å². The number of methoxy groups -OCH3 is 2. The Morgan fingerprint density at radius 2 is 1.57 bits per heavy atom. The largest absolute Gasteiger partial charge is 0.496 e. The molecule has 2 atom stereocenters. The first-order chi connectivity index (χ1) is 29.9. The van der Waals surface area contributed by atoms with E-state index >= 15 is 0 Å². The highest BCUT2D eigenvalue weighted by molar-refractivity contribution is 6.24. The normalized spacial score (nSPS) is 16.1. The number of hydrogen-bond donors (Lipinski definition) is 3. The minimum atomic E-state index is -1.13. The maximum absolute atomic E-state index is 13.4. The van der Waals surface area contributed by atoms with E-state index in [2.05, 4.69) is 16.0 Å². The van der Waals surface area contributed by atoms with Crippen LogP contribution in [-0.4, -0.2) is 108 Å². The van der Waals surface area contributed by atoms with Gasteiger partial charge in [-0.1, -0.05) is 26.8 Å². The van der Waals surface area contributed by atoms with Crippen molar-refractivity contribution in [2.45, 2.75) is 65.1 Å². The average Bonchev–Trinajstić information content (AvgIpc) is 3.76. The van der Waals surface area contributed by atoms with Gasteiger partial charge in [0.2, 0.25) is 17.7 Å². The lowest BCUT2D eigenvalue weighted by Gasteiger charge is -2.32. The van der Waals surface area contributed by atoms with Crippen LogP contribution in [0.4, 0.5) is 0 Å². The summed E-state index contributed by atoms with van der Waals surface area (Å²) in [7, 11) is 6.61. The Labute approximate surface area is 364 Å². The number of ether oxygens (including phenoxy) is 5. The van der Waals surface area contributed by atoms with Crippen molar-refractivity contribution in [3.63, 3.8) is 0 Å². The van der Waals surface area contributed by atoms with Crippen molar-refractivity contribution in [2.75, 3.05) is 47.2 Å². The topological polar surface area (TPSA) is 215 Å². The Balaban J connectivity index is 0.964. The second-order valence-electron chi connectivity index (χ2n) is 16.8. The summed E-state index contributed by atoms with van der Waals surface area (Å²) in [6, 6.07) is 8.89. The molecule has 1 saturated heterocycles. The van der Waals surface area contributed by atoms with E-state index in [1.165, 1.54) is 32.4 Å². The lowest BCUT2D eigenvalue weighted by molar-refractivity contribution is -0.136. The number of aromatic nitrogens is 2. The number of hydrogen-bond acceptors (Lipinski definition) is 12. The molecule has 0 radical (unpaired) electrons. The number of benzene rings is 2. The third-order valence-electron chi connectivity index (χ3n) is 11.3. The smallest absolute Gasteiger partial charge is 0.274 e. The van der Waals surface area contributed by atoms with Crippen molar-refractivity contribution < 1.29 is 52.5 Å². The molecular weight excluding hydrogens is 817 g/mol. The zero-order valence-corrected chi connectivity index (χ0v) is 36.8. The van der Waals surface area contributed by atoms with Gasteiger partial charge in [-0.3, -0.25) is 43.8 Å². The third-order valence-corrected chi connectivity index (χ3v) is 11.3. The lowest BCUT2D eigenvalue weighted by atomic mass is 9.94. The minimum absolute atomic E-state index is 0.0105. The van der Waals surface area contributed by atoms with Crippen LogP contribution in [-0.2, 0) is 49.4 Å². The minimum Gasteiger partial charge on any atom is -0.496 e. The molecule has 2 aromatic heterocycles. The highest BCUT2D eigenvalue weighted by atomic mass is 16.5. The molecule has 18 heteroatoms. The first-order valence-corrected chi connectivity index (χ1v) is 20.5. The summed E-state index contributed by atoms with van der Waals surface area (Å²) in [5, 5.41) is 8.79. The maximum Gasteiger partial charge on any atom is 0.274 e. The molecule has 0 aliphatic carbocycles. The number of piperidine rings is 1. The van der Waals surface area contributed by atoms with Gasteiger partial charge in [-0.05, 0) is 55.7 Å². The van der Waals surface area contributed by atoms with Crippen LogP contribution in [0.3, 0.4) is 0 Å². The van der Waals surface area contributed by atoms with Crippen LogP contribution in [0, 0.1) is 5.41 Å². The fourth-order valence-corrected chi connectivity index (χ4v) is 7.60. The number of pyridine rings is 1. The molecule has 2 unspecified atom stereocenters. The summed E-state index contributed by atoms with van der Waals surface area (Å²) in [6.45, 7) is 7.57. The zero-order valence-electron chi connectivity index (χ0n) is 36.8. The standard InChI is InChI=1S/C45H54N6O12/c1-9-45(4,48-37(54)22-63-32-12-10-11-28-38(32)42(57)51(41(28)56)31-13-14-35(52)47-40(31)55)25-62-24-44(2,3)23-46-36(53)21-61-20-30-33(59-7)17-26(18-34(30)60-8)29-19-50(6)43(58)39-27(29)15-16-49(39)5/h10-12,15-19,31H,9,13-14,20-25H2,1-8H3,(H,46,53)(H,48,54)(H,47,52,55). The van der Waals surface area contributed by atoms with Crippen molar-refractivity contribution in [2.24, 2.45) is 19.5 Å². The molecule has 1 fully saturated rings. The molecule has 2 aromatic carbocycles. The number of aryl methyl sites for hydroxylation is 2. The number of carbonyl (C=O) groups excluding carboxylic acids is 6. The van der Waals surface area contributed by atoms with Gasteiger partial charge in [-0.2, -0.15) is 0 Å². The van der Waals surface area contributed by atoms with E-state index in [9.17, 15) is 33.6 Å². The Morgan fingerprint density at radius 3 is 2.24 bits per heavy atom. The zero-order chi connectivity index (χ0) is 45.8. The number of fused-ring (bicyclic) bond motifs is 2. The van der Waals surface area contributed by atoms with E-state index in [-0.39, 0.29) is 74.2 Å². The fraction of sp³-hybridized carbons (Fsp3) is 0.444. The molecular formula is C45H54N6O12. The molecule has 3 N–H and O–H groups in total. The van der Waals surface area contributed by atoms with Crippen molar-refractivity contribution in [3.8, 4) is 28.4 Å². The lowest BCUT2D eigenvalue weighted by Crippen LogP contribution is -2.54. The molecule has 2 aliphatic heterocycles. The van der Waals surface area contributed by atoms with Gasteiger partial charge in [-0.15, -0.1) is 0 Å². The number of amides is 6. The Bertz CT molecular complexity index is 2500.